The quantitative estimate of drug-likeness (QED) is 0.654. The lowest BCUT2D eigenvalue weighted by Crippen LogP contribution is -2.39. The largest absolute Gasteiger partial charge is 0.481 e. The number of alkyl halides is 3. The minimum absolute atomic E-state index is 0.342. The first kappa shape index (κ1) is 21.0. The molecule has 1 atom stereocenters. The molecule has 0 aliphatic carbocycles. The van der Waals surface area contributed by atoms with Crippen LogP contribution >= 0.6 is 23.2 Å². The van der Waals surface area contributed by atoms with Crippen LogP contribution in [0.4, 0.5) is 13.2 Å². The van der Waals surface area contributed by atoms with E-state index in [-0.39, 0.29) is 0 Å². The monoisotopic (exact) mass is 431 g/mol. The van der Waals surface area contributed by atoms with E-state index in [1.165, 1.54) is 12.1 Å². The Bertz CT molecular complexity index is 848. The Morgan fingerprint density at radius 3 is 2.21 bits per heavy atom. The maximum absolute atomic E-state index is 12.9. The Hall–Kier alpha value is -1.76. The van der Waals surface area contributed by atoms with Gasteiger partial charge in [0.2, 0.25) is 0 Å². The minimum Gasteiger partial charge on any atom is -0.481 e. The predicted octanol–water partition coefficient (Wildman–Crippen LogP) is 5.90. The highest BCUT2D eigenvalue weighted by Crippen LogP contribution is 2.39. The summed E-state index contributed by atoms with van der Waals surface area (Å²) in [5, 5.41) is 9.92. The molecule has 0 aromatic heterocycles. The van der Waals surface area contributed by atoms with Crippen molar-refractivity contribution in [2.75, 3.05) is 13.1 Å². The molecule has 1 unspecified atom stereocenters. The zero-order chi connectivity index (χ0) is 20.5. The molecule has 0 radical (unpaired) electrons. The molecule has 150 valence electrons. The van der Waals surface area contributed by atoms with E-state index in [1.807, 2.05) is 4.90 Å². The Kier molecular flexibility index (Phi) is 6.22. The third-order valence-electron chi connectivity index (χ3n) is 5.07. The second kappa shape index (κ2) is 8.31. The summed E-state index contributed by atoms with van der Waals surface area (Å²) in [6, 6.07) is 9.74. The van der Waals surface area contributed by atoms with E-state index >= 15 is 0 Å². The van der Waals surface area contributed by atoms with Crippen molar-refractivity contribution in [3.05, 3.63) is 69.2 Å². The van der Waals surface area contributed by atoms with Gasteiger partial charge in [0, 0.05) is 0 Å². The number of rotatable bonds is 4. The van der Waals surface area contributed by atoms with Crippen molar-refractivity contribution in [1.29, 1.82) is 0 Å². The molecule has 1 N–H and O–H groups in total. The van der Waals surface area contributed by atoms with Crippen molar-refractivity contribution >= 4 is 29.2 Å². The standard InChI is InChI=1S/C20H18Cl2F3NO2/c21-16-3-1-2-15(17(16)22)18(26-10-8-13(9-11-26)19(27)28)12-4-6-14(7-5-12)20(23,24)25/h1-7,13,18H,8-11H2,(H,27,28). The highest BCUT2D eigenvalue weighted by molar-refractivity contribution is 6.42. The normalized spacial score (nSPS) is 17.5. The van der Waals surface area contributed by atoms with Crippen LogP contribution in [0.3, 0.4) is 0 Å². The molecular weight excluding hydrogens is 414 g/mol. The van der Waals surface area contributed by atoms with Gasteiger partial charge < -0.3 is 5.11 Å². The van der Waals surface area contributed by atoms with Gasteiger partial charge in [0.15, 0.2) is 0 Å². The van der Waals surface area contributed by atoms with E-state index in [0.29, 0.717) is 47.1 Å². The summed E-state index contributed by atoms with van der Waals surface area (Å²) in [7, 11) is 0. The van der Waals surface area contributed by atoms with Gasteiger partial charge in [0.25, 0.3) is 0 Å². The van der Waals surface area contributed by atoms with Crippen molar-refractivity contribution in [2.45, 2.75) is 25.1 Å². The molecule has 3 rings (SSSR count). The predicted molar refractivity (Wildman–Crippen MR) is 102 cm³/mol. The van der Waals surface area contributed by atoms with Crippen LogP contribution in [-0.2, 0) is 11.0 Å². The highest BCUT2D eigenvalue weighted by Gasteiger charge is 2.33. The van der Waals surface area contributed by atoms with Crippen molar-refractivity contribution in [2.24, 2.45) is 5.92 Å². The van der Waals surface area contributed by atoms with Gasteiger partial charge in [-0.1, -0.05) is 47.5 Å². The smallest absolute Gasteiger partial charge is 0.416 e. The second-order valence-electron chi connectivity index (χ2n) is 6.81. The maximum Gasteiger partial charge on any atom is 0.416 e. The van der Waals surface area contributed by atoms with Crippen molar-refractivity contribution in [1.82, 2.24) is 4.90 Å². The average molecular weight is 432 g/mol. The zero-order valence-electron chi connectivity index (χ0n) is 14.7. The fourth-order valence-corrected chi connectivity index (χ4v) is 3.99. The molecule has 0 amide bonds. The van der Waals surface area contributed by atoms with Crippen LogP contribution in [0.25, 0.3) is 0 Å². The van der Waals surface area contributed by atoms with Gasteiger partial charge in [0.1, 0.15) is 0 Å². The fraction of sp³-hybridized carbons (Fsp3) is 0.350. The minimum atomic E-state index is -4.42. The van der Waals surface area contributed by atoms with Crippen LogP contribution in [0.2, 0.25) is 10.0 Å². The summed E-state index contributed by atoms with van der Waals surface area (Å²) in [6.07, 6.45) is -3.49. The fourth-order valence-electron chi connectivity index (χ4n) is 3.58. The summed E-state index contributed by atoms with van der Waals surface area (Å²) >= 11 is 12.6. The summed E-state index contributed by atoms with van der Waals surface area (Å²) in [5.74, 6) is -1.24. The number of carbonyl (C=O) groups is 1. The first-order valence-corrected chi connectivity index (χ1v) is 9.52. The number of hydrogen-bond acceptors (Lipinski definition) is 2. The van der Waals surface area contributed by atoms with E-state index in [0.717, 1.165) is 12.1 Å². The van der Waals surface area contributed by atoms with Gasteiger partial charge in [0.05, 0.1) is 27.6 Å². The van der Waals surface area contributed by atoms with Crippen LogP contribution in [0.15, 0.2) is 42.5 Å². The first-order valence-electron chi connectivity index (χ1n) is 8.76. The molecule has 2 aromatic carbocycles. The Balaban J connectivity index is 1.98. The van der Waals surface area contributed by atoms with E-state index in [9.17, 15) is 23.1 Å². The van der Waals surface area contributed by atoms with Crippen molar-refractivity contribution in [3.63, 3.8) is 0 Å². The molecule has 3 nitrogen and oxygen atoms in total. The van der Waals surface area contributed by atoms with Crippen LogP contribution in [0.1, 0.15) is 35.6 Å². The van der Waals surface area contributed by atoms with Gasteiger partial charge in [-0.15, -0.1) is 0 Å². The second-order valence-corrected chi connectivity index (χ2v) is 7.60. The summed E-state index contributed by atoms with van der Waals surface area (Å²) in [5.41, 5.74) is 0.602. The van der Waals surface area contributed by atoms with E-state index in [1.54, 1.807) is 18.2 Å². The number of carboxylic acids is 1. The number of aliphatic carboxylic acids is 1. The highest BCUT2D eigenvalue weighted by atomic mass is 35.5. The molecule has 0 bridgehead atoms. The van der Waals surface area contributed by atoms with E-state index < -0.39 is 29.7 Å². The number of nitrogens with zero attached hydrogens (tertiary/aromatic N) is 1. The maximum atomic E-state index is 12.9. The molecule has 1 heterocycles. The third-order valence-corrected chi connectivity index (χ3v) is 5.91. The molecule has 1 aliphatic heterocycles. The lowest BCUT2D eigenvalue weighted by Gasteiger charge is -2.37. The van der Waals surface area contributed by atoms with Crippen LogP contribution < -0.4 is 0 Å². The number of piperidine rings is 1. The number of carboxylic acid groups (broad SMARTS) is 1. The van der Waals surface area contributed by atoms with Crippen molar-refractivity contribution in [3.8, 4) is 0 Å². The number of hydrogen-bond donors (Lipinski definition) is 1. The topological polar surface area (TPSA) is 40.5 Å². The lowest BCUT2D eigenvalue weighted by atomic mass is 9.91. The van der Waals surface area contributed by atoms with Gasteiger partial charge in [-0.2, -0.15) is 13.2 Å². The van der Waals surface area contributed by atoms with Gasteiger partial charge in [-0.25, -0.2) is 0 Å². The molecule has 0 spiro atoms. The summed E-state index contributed by atoms with van der Waals surface area (Å²) < 4.78 is 38.8. The average Bonchev–Trinajstić information content (AvgIpc) is 2.65. The van der Waals surface area contributed by atoms with Gasteiger partial charge >= 0.3 is 12.1 Å². The third kappa shape index (κ3) is 4.45. The van der Waals surface area contributed by atoms with Crippen molar-refractivity contribution < 1.29 is 23.1 Å². The number of benzene rings is 2. The van der Waals surface area contributed by atoms with Gasteiger partial charge in [-0.05, 0) is 55.3 Å². The molecule has 1 saturated heterocycles. The first-order chi connectivity index (χ1) is 13.2. The molecule has 28 heavy (non-hydrogen) atoms. The van der Waals surface area contributed by atoms with Gasteiger partial charge in [-0.3, -0.25) is 9.69 Å². The summed E-state index contributed by atoms with van der Waals surface area (Å²) in [4.78, 5) is 13.3. The zero-order valence-corrected chi connectivity index (χ0v) is 16.2. The Morgan fingerprint density at radius 2 is 1.68 bits per heavy atom. The van der Waals surface area contributed by atoms with Crippen LogP contribution in [-0.4, -0.2) is 29.1 Å². The Morgan fingerprint density at radius 1 is 1.07 bits per heavy atom. The number of halogens is 5. The molecule has 1 aliphatic rings. The Labute approximate surface area is 170 Å². The number of likely N-dealkylation sites (tertiary alicyclic amines) is 1. The molecule has 1 fully saturated rings. The molecular formula is C20H18Cl2F3NO2. The van der Waals surface area contributed by atoms with E-state index in [4.69, 9.17) is 23.2 Å². The van der Waals surface area contributed by atoms with Crippen LogP contribution in [0, 0.1) is 5.92 Å². The SMILES string of the molecule is O=C(O)C1CCN(C(c2ccc(C(F)(F)F)cc2)c2cccc(Cl)c2Cl)CC1. The molecule has 0 saturated carbocycles. The molecule has 8 heteroatoms. The molecule has 2 aromatic rings. The summed E-state index contributed by atoms with van der Waals surface area (Å²) in [6.45, 7) is 0.983. The lowest BCUT2D eigenvalue weighted by molar-refractivity contribution is -0.143. The van der Waals surface area contributed by atoms with E-state index in [2.05, 4.69) is 0 Å². The van der Waals surface area contributed by atoms with Crippen LogP contribution in [0.5, 0.6) is 0 Å².